The topological polar surface area (TPSA) is 21.3 Å². The molecule has 0 spiro atoms. The second-order valence-electron chi connectivity index (χ2n) is 5.80. The third-order valence-electron chi connectivity index (χ3n) is 4.16. The van der Waals surface area contributed by atoms with E-state index >= 15 is 0 Å². The largest absolute Gasteiger partial charge is 0.381 e. The quantitative estimate of drug-likeness (QED) is 0.834. The van der Waals surface area contributed by atoms with E-state index in [9.17, 15) is 0 Å². The minimum absolute atomic E-state index is 0.440. The van der Waals surface area contributed by atoms with Crippen LogP contribution in [0.15, 0.2) is 18.2 Å². The summed E-state index contributed by atoms with van der Waals surface area (Å²) in [5.74, 6) is 0.771. The molecule has 2 nitrogen and oxygen atoms in total. The SMILES string of the molecule is CCCNC(CC1CCOCC1)c1ccc(Cl)cc1C. The number of aryl methyl sites for hydroxylation is 1. The van der Waals surface area contributed by atoms with Crippen LogP contribution in [0.3, 0.4) is 0 Å². The molecular weight excluding hydrogens is 270 g/mol. The highest BCUT2D eigenvalue weighted by Crippen LogP contribution is 2.30. The maximum Gasteiger partial charge on any atom is 0.0468 e. The van der Waals surface area contributed by atoms with Gasteiger partial charge in [-0.1, -0.05) is 24.6 Å². The van der Waals surface area contributed by atoms with Crippen LogP contribution in [0.2, 0.25) is 5.02 Å². The second-order valence-corrected chi connectivity index (χ2v) is 6.24. The van der Waals surface area contributed by atoms with Crippen LogP contribution in [0.4, 0.5) is 0 Å². The van der Waals surface area contributed by atoms with E-state index in [0.29, 0.717) is 6.04 Å². The first-order chi connectivity index (χ1) is 9.70. The Labute approximate surface area is 127 Å². The number of hydrogen-bond acceptors (Lipinski definition) is 2. The van der Waals surface area contributed by atoms with E-state index in [0.717, 1.165) is 37.1 Å². The highest BCUT2D eigenvalue weighted by atomic mass is 35.5. The van der Waals surface area contributed by atoms with E-state index in [1.54, 1.807) is 0 Å². The van der Waals surface area contributed by atoms with E-state index in [-0.39, 0.29) is 0 Å². The molecule has 1 aliphatic rings. The molecule has 1 N–H and O–H groups in total. The summed E-state index contributed by atoms with van der Waals surface area (Å²) in [5, 5.41) is 4.53. The Morgan fingerprint density at radius 2 is 2.10 bits per heavy atom. The molecular formula is C17H26ClNO. The second kappa shape index (κ2) is 8.02. The summed E-state index contributed by atoms with van der Waals surface area (Å²) in [6.45, 7) is 7.28. The molecule has 1 aromatic rings. The molecule has 20 heavy (non-hydrogen) atoms. The van der Waals surface area contributed by atoms with Gasteiger partial charge in [-0.25, -0.2) is 0 Å². The van der Waals surface area contributed by atoms with Gasteiger partial charge in [0.05, 0.1) is 0 Å². The van der Waals surface area contributed by atoms with E-state index in [2.05, 4.69) is 31.3 Å². The van der Waals surface area contributed by atoms with E-state index in [1.165, 1.54) is 30.4 Å². The lowest BCUT2D eigenvalue weighted by Crippen LogP contribution is -2.27. The lowest BCUT2D eigenvalue weighted by atomic mass is 9.88. The zero-order valence-corrected chi connectivity index (χ0v) is 13.4. The molecule has 1 unspecified atom stereocenters. The molecule has 0 saturated carbocycles. The summed E-state index contributed by atoms with van der Waals surface area (Å²) in [4.78, 5) is 0. The van der Waals surface area contributed by atoms with Crippen LogP contribution in [-0.2, 0) is 4.74 Å². The fraction of sp³-hybridized carbons (Fsp3) is 0.647. The Kier molecular flexibility index (Phi) is 6.34. The number of halogens is 1. The monoisotopic (exact) mass is 295 g/mol. The van der Waals surface area contributed by atoms with Crippen LogP contribution in [0.5, 0.6) is 0 Å². The van der Waals surface area contributed by atoms with Crippen LogP contribution in [0, 0.1) is 12.8 Å². The standard InChI is InChI=1S/C17H26ClNO/c1-3-8-19-17(12-14-6-9-20-10-7-14)16-5-4-15(18)11-13(16)2/h4-5,11,14,17,19H,3,6-10,12H2,1-2H3. The Balaban J connectivity index is 2.08. The van der Waals surface area contributed by atoms with Gasteiger partial charge in [0.2, 0.25) is 0 Å². The first-order valence-electron chi connectivity index (χ1n) is 7.78. The average Bonchev–Trinajstić information content (AvgIpc) is 2.45. The Hall–Kier alpha value is -0.570. The number of rotatable bonds is 6. The fourth-order valence-electron chi connectivity index (χ4n) is 2.98. The van der Waals surface area contributed by atoms with Crippen molar-refractivity contribution in [1.29, 1.82) is 0 Å². The van der Waals surface area contributed by atoms with Gasteiger partial charge >= 0.3 is 0 Å². The maximum absolute atomic E-state index is 6.08. The molecule has 1 aromatic carbocycles. The lowest BCUT2D eigenvalue weighted by molar-refractivity contribution is 0.0605. The van der Waals surface area contributed by atoms with Crippen molar-refractivity contribution in [1.82, 2.24) is 5.32 Å². The molecule has 0 amide bonds. The minimum Gasteiger partial charge on any atom is -0.381 e. The molecule has 1 atom stereocenters. The van der Waals surface area contributed by atoms with Gasteiger partial charge in [-0.3, -0.25) is 0 Å². The van der Waals surface area contributed by atoms with Crippen molar-refractivity contribution in [3.63, 3.8) is 0 Å². The molecule has 0 aliphatic carbocycles. The number of benzene rings is 1. The van der Waals surface area contributed by atoms with Crippen LogP contribution >= 0.6 is 11.6 Å². The van der Waals surface area contributed by atoms with E-state index in [1.807, 2.05) is 6.07 Å². The van der Waals surface area contributed by atoms with Gasteiger partial charge in [0, 0.05) is 24.3 Å². The molecule has 112 valence electrons. The molecule has 1 fully saturated rings. The zero-order valence-electron chi connectivity index (χ0n) is 12.6. The van der Waals surface area contributed by atoms with Crippen LogP contribution in [0.1, 0.15) is 49.8 Å². The predicted octanol–water partition coefficient (Wildman–Crippen LogP) is 4.51. The van der Waals surface area contributed by atoms with Crippen molar-refractivity contribution in [2.24, 2.45) is 5.92 Å². The summed E-state index contributed by atoms with van der Waals surface area (Å²) < 4.78 is 5.47. The van der Waals surface area contributed by atoms with Crippen molar-refractivity contribution in [2.45, 2.75) is 45.6 Å². The first-order valence-corrected chi connectivity index (χ1v) is 8.15. The van der Waals surface area contributed by atoms with Gasteiger partial charge in [-0.05, 0) is 68.3 Å². The molecule has 0 aromatic heterocycles. The average molecular weight is 296 g/mol. The third kappa shape index (κ3) is 4.47. The molecule has 1 aliphatic heterocycles. The molecule has 0 radical (unpaired) electrons. The van der Waals surface area contributed by atoms with Crippen molar-refractivity contribution < 1.29 is 4.74 Å². The minimum atomic E-state index is 0.440. The van der Waals surface area contributed by atoms with Gasteiger partial charge in [0.15, 0.2) is 0 Å². The summed E-state index contributed by atoms with van der Waals surface area (Å²) in [7, 11) is 0. The molecule has 1 heterocycles. The van der Waals surface area contributed by atoms with Crippen LogP contribution in [-0.4, -0.2) is 19.8 Å². The number of ether oxygens (including phenoxy) is 1. The molecule has 2 rings (SSSR count). The third-order valence-corrected chi connectivity index (χ3v) is 4.39. The van der Waals surface area contributed by atoms with Crippen molar-refractivity contribution >= 4 is 11.6 Å². The van der Waals surface area contributed by atoms with Crippen molar-refractivity contribution in [2.75, 3.05) is 19.8 Å². The molecule has 1 saturated heterocycles. The Bertz CT molecular complexity index is 415. The van der Waals surface area contributed by atoms with Gasteiger partial charge in [0.25, 0.3) is 0 Å². The Morgan fingerprint density at radius 1 is 1.35 bits per heavy atom. The fourth-order valence-corrected chi connectivity index (χ4v) is 3.21. The lowest BCUT2D eigenvalue weighted by Gasteiger charge is -2.28. The predicted molar refractivity (Wildman–Crippen MR) is 85.4 cm³/mol. The summed E-state index contributed by atoms with van der Waals surface area (Å²) in [6, 6.07) is 6.70. The number of nitrogens with one attached hydrogen (secondary N) is 1. The van der Waals surface area contributed by atoms with Gasteiger partial charge in [-0.15, -0.1) is 0 Å². The summed E-state index contributed by atoms with van der Waals surface area (Å²) in [5.41, 5.74) is 2.69. The zero-order chi connectivity index (χ0) is 14.4. The first kappa shape index (κ1) is 15.8. The van der Waals surface area contributed by atoms with Gasteiger partial charge in [-0.2, -0.15) is 0 Å². The Morgan fingerprint density at radius 3 is 2.75 bits per heavy atom. The van der Waals surface area contributed by atoms with Crippen LogP contribution < -0.4 is 5.32 Å². The number of hydrogen-bond donors (Lipinski definition) is 1. The summed E-state index contributed by atoms with van der Waals surface area (Å²) in [6.07, 6.45) is 4.75. The molecule has 3 heteroatoms. The normalized spacial score (nSPS) is 18.1. The smallest absolute Gasteiger partial charge is 0.0468 e. The maximum atomic E-state index is 6.08. The highest BCUT2D eigenvalue weighted by molar-refractivity contribution is 6.30. The summed E-state index contributed by atoms with van der Waals surface area (Å²) >= 11 is 6.08. The van der Waals surface area contributed by atoms with Gasteiger partial charge in [0.1, 0.15) is 0 Å². The van der Waals surface area contributed by atoms with Crippen molar-refractivity contribution in [3.05, 3.63) is 34.3 Å². The van der Waals surface area contributed by atoms with E-state index in [4.69, 9.17) is 16.3 Å². The highest BCUT2D eigenvalue weighted by Gasteiger charge is 2.21. The molecule has 0 bridgehead atoms. The van der Waals surface area contributed by atoms with Gasteiger partial charge < -0.3 is 10.1 Å². The van der Waals surface area contributed by atoms with Crippen LogP contribution in [0.25, 0.3) is 0 Å². The van der Waals surface area contributed by atoms with E-state index < -0.39 is 0 Å². The van der Waals surface area contributed by atoms with Crippen molar-refractivity contribution in [3.8, 4) is 0 Å².